The third-order valence-electron chi connectivity index (χ3n) is 3.51. The molecule has 1 unspecified atom stereocenters. The Bertz CT molecular complexity index is 571. The summed E-state index contributed by atoms with van der Waals surface area (Å²) in [7, 11) is 1.29. The summed E-state index contributed by atoms with van der Waals surface area (Å²) in [6, 6.07) is 2.63. The molecule has 1 aromatic rings. The first-order chi connectivity index (χ1) is 8.92. The molecule has 0 bridgehead atoms. The fourth-order valence-electron chi connectivity index (χ4n) is 2.35. The minimum absolute atomic E-state index is 0.0294. The molecule has 0 aromatic heterocycles. The van der Waals surface area contributed by atoms with Crippen molar-refractivity contribution in [3.8, 4) is 17.2 Å². The Hall–Kier alpha value is -2.05. The van der Waals surface area contributed by atoms with E-state index in [1.54, 1.807) is 0 Å². The predicted molar refractivity (Wildman–Crippen MR) is 58.0 cm³/mol. The van der Waals surface area contributed by atoms with Crippen molar-refractivity contribution in [3.05, 3.63) is 17.7 Å². The number of benzene rings is 1. The number of fused-ring (bicyclic) bond motifs is 1. The lowest BCUT2D eigenvalue weighted by atomic mass is 9.93. The molecular formula is C12H10F2O5. The molecule has 1 N–H and O–H groups in total. The summed E-state index contributed by atoms with van der Waals surface area (Å²) in [5.41, 5.74) is -2.32. The summed E-state index contributed by atoms with van der Waals surface area (Å²) in [6.07, 6.45) is -0.745. The van der Waals surface area contributed by atoms with Gasteiger partial charge in [-0.05, 0) is 6.07 Å². The van der Waals surface area contributed by atoms with Crippen molar-refractivity contribution in [2.75, 3.05) is 13.9 Å². The number of hydrogen-bond donors (Lipinski definition) is 1. The lowest BCUT2D eigenvalue weighted by molar-refractivity contribution is -0.143. The van der Waals surface area contributed by atoms with E-state index in [9.17, 15) is 13.6 Å². The van der Waals surface area contributed by atoms with Gasteiger partial charge in [0.05, 0.1) is 7.11 Å². The topological polar surface area (TPSA) is 65.0 Å². The fraction of sp³-hybridized carbons (Fsp3) is 0.417. The van der Waals surface area contributed by atoms with E-state index in [0.717, 1.165) is 0 Å². The number of hydrogen-bond acceptors (Lipinski definition) is 4. The number of alkyl halides is 2. The van der Waals surface area contributed by atoms with Crippen LogP contribution in [0.5, 0.6) is 17.2 Å². The molecule has 5 nitrogen and oxygen atoms in total. The highest BCUT2D eigenvalue weighted by Gasteiger charge is 2.78. The third kappa shape index (κ3) is 1.41. The van der Waals surface area contributed by atoms with E-state index in [1.807, 2.05) is 0 Å². The normalized spacial score (nSPS) is 26.1. The number of carbonyl (C=O) groups is 1. The second-order valence-electron chi connectivity index (χ2n) is 4.50. The molecule has 0 radical (unpaired) electrons. The maximum Gasteiger partial charge on any atom is 0.320 e. The van der Waals surface area contributed by atoms with Crippen molar-refractivity contribution in [2.45, 2.75) is 17.8 Å². The van der Waals surface area contributed by atoms with Gasteiger partial charge in [-0.2, -0.15) is 0 Å². The summed E-state index contributed by atoms with van der Waals surface area (Å²) in [6.45, 7) is -0.0294. The number of carboxylic acids is 1. The lowest BCUT2D eigenvalue weighted by Gasteiger charge is -2.16. The molecule has 3 rings (SSSR count). The van der Waals surface area contributed by atoms with Gasteiger partial charge in [-0.3, -0.25) is 4.79 Å². The number of ether oxygens (including phenoxy) is 3. The SMILES string of the molecule is COc1cc2c(cc1C1(C(=O)O)CC1(F)F)OCO2. The van der Waals surface area contributed by atoms with Crippen LogP contribution in [0.25, 0.3) is 0 Å². The molecule has 102 valence electrons. The molecular weight excluding hydrogens is 262 g/mol. The molecule has 1 heterocycles. The van der Waals surface area contributed by atoms with Crippen LogP contribution in [0.15, 0.2) is 12.1 Å². The first-order valence-electron chi connectivity index (χ1n) is 5.52. The minimum atomic E-state index is -3.29. The number of rotatable bonds is 3. The lowest BCUT2D eigenvalue weighted by Crippen LogP contribution is -2.27. The van der Waals surface area contributed by atoms with E-state index in [-0.39, 0.29) is 23.9 Å². The summed E-state index contributed by atoms with van der Waals surface area (Å²) in [5, 5.41) is 9.15. The van der Waals surface area contributed by atoms with E-state index in [1.165, 1.54) is 19.2 Å². The van der Waals surface area contributed by atoms with E-state index in [4.69, 9.17) is 19.3 Å². The molecule has 2 aliphatic rings. The van der Waals surface area contributed by atoms with Crippen molar-refractivity contribution < 1.29 is 32.9 Å². The van der Waals surface area contributed by atoms with Crippen LogP contribution >= 0.6 is 0 Å². The standard InChI is InChI=1S/C12H10F2O5/c1-17-7-3-9-8(18-5-19-9)2-6(7)11(10(15)16)4-12(11,13)14/h2-3H,4-5H2,1H3,(H,15,16). The van der Waals surface area contributed by atoms with Crippen LogP contribution in [0, 0.1) is 0 Å². The summed E-state index contributed by atoms with van der Waals surface area (Å²) in [5.74, 6) is -4.21. The quantitative estimate of drug-likeness (QED) is 0.908. The monoisotopic (exact) mass is 272 g/mol. The smallest absolute Gasteiger partial charge is 0.320 e. The van der Waals surface area contributed by atoms with Crippen molar-refractivity contribution in [1.82, 2.24) is 0 Å². The Morgan fingerprint density at radius 3 is 2.42 bits per heavy atom. The van der Waals surface area contributed by atoms with Gasteiger partial charge in [0.2, 0.25) is 6.79 Å². The Morgan fingerprint density at radius 2 is 1.95 bits per heavy atom. The van der Waals surface area contributed by atoms with Gasteiger partial charge >= 0.3 is 5.97 Å². The predicted octanol–water partition coefficient (Wildman–Crippen LogP) is 1.79. The van der Waals surface area contributed by atoms with Crippen molar-refractivity contribution in [3.63, 3.8) is 0 Å². The van der Waals surface area contributed by atoms with Crippen molar-refractivity contribution in [1.29, 1.82) is 0 Å². The zero-order chi connectivity index (χ0) is 13.8. The van der Waals surface area contributed by atoms with Crippen LogP contribution < -0.4 is 14.2 Å². The van der Waals surface area contributed by atoms with Crippen LogP contribution in [-0.2, 0) is 10.2 Å². The van der Waals surface area contributed by atoms with Crippen LogP contribution in [0.2, 0.25) is 0 Å². The summed E-state index contributed by atoms with van der Waals surface area (Å²) >= 11 is 0. The molecule has 1 atom stereocenters. The van der Waals surface area contributed by atoms with E-state index < -0.39 is 23.7 Å². The van der Waals surface area contributed by atoms with Gasteiger partial charge in [0.1, 0.15) is 5.75 Å². The number of aliphatic carboxylic acids is 1. The summed E-state index contributed by atoms with van der Waals surface area (Å²) in [4.78, 5) is 11.3. The van der Waals surface area contributed by atoms with Crippen LogP contribution in [0.3, 0.4) is 0 Å². The van der Waals surface area contributed by atoms with Gasteiger partial charge in [0.15, 0.2) is 16.9 Å². The second kappa shape index (κ2) is 3.49. The Morgan fingerprint density at radius 1 is 1.37 bits per heavy atom. The molecule has 1 aromatic carbocycles. The fourth-order valence-corrected chi connectivity index (χ4v) is 2.35. The molecule has 1 fully saturated rings. The van der Waals surface area contributed by atoms with Gasteiger partial charge < -0.3 is 19.3 Å². The molecule has 1 aliphatic heterocycles. The Kier molecular flexibility index (Phi) is 2.21. The van der Waals surface area contributed by atoms with Crippen LogP contribution in [0.1, 0.15) is 12.0 Å². The van der Waals surface area contributed by atoms with E-state index >= 15 is 0 Å². The average Bonchev–Trinajstić information content (AvgIpc) is 2.72. The van der Waals surface area contributed by atoms with Crippen LogP contribution in [-0.4, -0.2) is 30.9 Å². The highest BCUT2D eigenvalue weighted by Crippen LogP contribution is 2.64. The molecule has 0 amide bonds. The average molecular weight is 272 g/mol. The van der Waals surface area contributed by atoms with Gasteiger partial charge in [-0.25, -0.2) is 8.78 Å². The maximum absolute atomic E-state index is 13.5. The van der Waals surface area contributed by atoms with Gasteiger partial charge in [0, 0.05) is 18.1 Å². The molecule has 7 heteroatoms. The van der Waals surface area contributed by atoms with E-state index in [0.29, 0.717) is 5.75 Å². The minimum Gasteiger partial charge on any atom is -0.496 e. The maximum atomic E-state index is 13.5. The third-order valence-corrected chi connectivity index (χ3v) is 3.51. The van der Waals surface area contributed by atoms with Crippen molar-refractivity contribution in [2.24, 2.45) is 0 Å². The number of methoxy groups -OCH3 is 1. The Balaban J connectivity index is 2.17. The van der Waals surface area contributed by atoms with Crippen LogP contribution in [0.4, 0.5) is 8.78 Å². The summed E-state index contributed by atoms with van der Waals surface area (Å²) < 4.78 is 42.3. The number of carboxylic acid groups (broad SMARTS) is 1. The van der Waals surface area contributed by atoms with Gasteiger partial charge in [-0.1, -0.05) is 0 Å². The van der Waals surface area contributed by atoms with E-state index in [2.05, 4.69) is 0 Å². The molecule has 0 spiro atoms. The molecule has 0 saturated heterocycles. The second-order valence-corrected chi connectivity index (χ2v) is 4.50. The molecule has 1 aliphatic carbocycles. The molecule has 1 saturated carbocycles. The highest BCUT2D eigenvalue weighted by molar-refractivity contribution is 5.89. The van der Waals surface area contributed by atoms with Gasteiger partial charge in [-0.15, -0.1) is 0 Å². The largest absolute Gasteiger partial charge is 0.496 e. The van der Waals surface area contributed by atoms with Gasteiger partial charge in [0.25, 0.3) is 5.92 Å². The number of halogens is 2. The first kappa shape index (κ1) is 12.0. The zero-order valence-corrected chi connectivity index (χ0v) is 9.91. The first-order valence-corrected chi connectivity index (χ1v) is 5.52. The van der Waals surface area contributed by atoms with Crippen molar-refractivity contribution >= 4 is 5.97 Å². The zero-order valence-electron chi connectivity index (χ0n) is 9.91. The Labute approximate surface area is 106 Å². The highest BCUT2D eigenvalue weighted by atomic mass is 19.3. The molecule has 19 heavy (non-hydrogen) atoms.